The van der Waals surface area contributed by atoms with Crippen molar-refractivity contribution in [1.29, 1.82) is 0 Å². The summed E-state index contributed by atoms with van der Waals surface area (Å²) in [4.78, 5) is 11.8. The van der Waals surface area contributed by atoms with Crippen molar-refractivity contribution in [1.82, 2.24) is 5.32 Å². The van der Waals surface area contributed by atoms with Crippen LogP contribution in [0.25, 0.3) is 0 Å². The fraction of sp³-hybridized carbons (Fsp3) is 0.917. The van der Waals surface area contributed by atoms with E-state index in [2.05, 4.69) is 5.32 Å². The Bertz CT molecular complexity index is 285. The number of alkyl halides is 3. The SMILES string of the molecule is NCCOCCNC(=O)C1CCCCC1C(F)(F)F. The van der Waals surface area contributed by atoms with Gasteiger partial charge in [0.25, 0.3) is 0 Å². The summed E-state index contributed by atoms with van der Waals surface area (Å²) in [5.74, 6) is -2.98. The van der Waals surface area contributed by atoms with Gasteiger partial charge in [-0.2, -0.15) is 13.2 Å². The number of ether oxygens (including phenoxy) is 1. The maximum absolute atomic E-state index is 12.8. The molecule has 0 aromatic heterocycles. The second kappa shape index (κ2) is 7.69. The molecule has 0 heterocycles. The normalized spacial score (nSPS) is 24.2. The molecule has 7 heteroatoms. The number of amides is 1. The van der Waals surface area contributed by atoms with E-state index in [9.17, 15) is 18.0 Å². The lowest BCUT2D eigenvalue weighted by atomic mass is 9.78. The van der Waals surface area contributed by atoms with E-state index >= 15 is 0 Å². The minimum Gasteiger partial charge on any atom is -0.378 e. The standard InChI is InChI=1S/C12H21F3N2O2/c13-12(14,15)10-4-2-1-3-9(10)11(18)17-6-8-19-7-5-16/h9-10H,1-8,16H2,(H,17,18). The van der Waals surface area contributed by atoms with Crippen molar-refractivity contribution in [3.05, 3.63) is 0 Å². The number of carbonyl (C=O) groups is 1. The predicted molar refractivity (Wildman–Crippen MR) is 64.4 cm³/mol. The molecule has 0 aromatic carbocycles. The molecule has 0 aliphatic heterocycles. The van der Waals surface area contributed by atoms with Crippen molar-refractivity contribution in [2.24, 2.45) is 17.6 Å². The van der Waals surface area contributed by atoms with Gasteiger partial charge in [0.1, 0.15) is 0 Å². The van der Waals surface area contributed by atoms with Crippen LogP contribution in [0.15, 0.2) is 0 Å². The van der Waals surface area contributed by atoms with E-state index in [-0.39, 0.29) is 19.6 Å². The van der Waals surface area contributed by atoms with Gasteiger partial charge < -0.3 is 15.8 Å². The fourth-order valence-electron chi connectivity index (χ4n) is 2.40. The van der Waals surface area contributed by atoms with Gasteiger partial charge in [-0.25, -0.2) is 0 Å². The lowest BCUT2D eigenvalue weighted by Crippen LogP contribution is -2.43. The van der Waals surface area contributed by atoms with Gasteiger partial charge in [0, 0.05) is 19.0 Å². The first-order chi connectivity index (χ1) is 8.96. The Labute approximate surface area is 110 Å². The van der Waals surface area contributed by atoms with Crippen LogP contribution in [0.4, 0.5) is 13.2 Å². The molecular formula is C12H21F3N2O2. The largest absolute Gasteiger partial charge is 0.392 e. The van der Waals surface area contributed by atoms with Crippen molar-refractivity contribution >= 4 is 5.91 Å². The summed E-state index contributed by atoms with van der Waals surface area (Å²) in [7, 11) is 0. The first-order valence-electron chi connectivity index (χ1n) is 6.59. The van der Waals surface area contributed by atoms with Crippen LogP contribution < -0.4 is 11.1 Å². The quantitative estimate of drug-likeness (QED) is 0.725. The lowest BCUT2D eigenvalue weighted by molar-refractivity contribution is -0.198. The van der Waals surface area contributed by atoms with Crippen molar-refractivity contribution in [3.63, 3.8) is 0 Å². The van der Waals surface area contributed by atoms with Crippen LogP contribution in [0, 0.1) is 11.8 Å². The Kier molecular flexibility index (Phi) is 6.57. The minimum absolute atomic E-state index is 0.0469. The number of rotatable bonds is 6. The van der Waals surface area contributed by atoms with Crippen LogP contribution in [-0.2, 0) is 9.53 Å². The van der Waals surface area contributed by atoms with Crippen molar-refractivity contribution in [2.75, 3.05) is 26.3 Å². The molecule has 2 atom stereocenters. The highest BCUT2D eigenvalue weighted by Crippen LogP contribution is 2.41. The summed E-state index contributed by atoms with van der Waals surface area (Å²) in [5.41, 5.74) is 5.22. The van der Waals surface area contributed by atoms with Gasteiger partial charge in [-0.1, -0.05) is 12.8 Å². The molecule has 0 aromatic rings. The summed E-state index contributed by atoms with van der Waals surface area (Å²) in [6.45, 7) is 1.25. The monoisotopic (exact) mass is 282 g/mol. The van der Waals surface area contributed by atoms with Crippen LogP contribution in [0.3, 0.4) is 0 Å². The van der Waals surface area contributed by atoms with Gasteiger partial charge >= 0.3 is 6.18 Å². The molecule has 1 fully saturated rings. The van der Waals surface area contributed by atoms with Crippen molar-refractivity contribution in [3.8, 4) is 0 Å². The van der Waals surface area contributed by atoms with E-state index < -0.39 is 23.9 Å². The average Bonchev–Trinajstić information content (AvgIpc) is 2.37. The molecule has 19 heavy (non-hydrogen) atoms. The Morgan fingerprint density at radius 3 is 2.58 bits per heavy atom. The number of carbonyl (C=O) groups excluding carboxylic acids is 1. The second-order valence-corrected chi connectivity index (χ2v) is 4.73. The highest BCUT2D eigenvalue weighted by Gasteiger charge is 2.47. The fourth-order valence-corrected chi connectivity index (χ4v) is 2.40. The number of hydrogen-bond acceptors (Lipinski definition) is 3. The lowest BCUT2D eigenvalue weighted by Gasteiger charge is -2.31. The third-order valence-corrected chi connectivity index (χ3v) is 3.33. The first-order valence-corrected chi connectivity index (χ1v) is 6.59. The summed E-state index contributed by atoms with van der Waals surface area (Å²) in [6.07, 6.45) is -2.73. The Morgan fingerprint density at radius 2 is 1.95 bits per heavy atom. The molecule has 0 bridgehead atoms. The zero-order chi connectivity index (χ0) is 14.3. The maximum Gasteiger partial charge on any atom is 0.392 e. The topological polar surface area (TPSA) is 64.3 Å². The zero-order valence-corrected chi connectivity index (χ0v) is 10.8. The molecule has 1 amide bonds. The smallest absolute Gasteiger partial charge is 0.378 e. The molecule has 1 aliphatic rings. The Hall–Kier alpha value is -0.820. The zero-order valence-electron chi connectivity index (χ0n) is 10.8. The molecule has 1 aliphatic carbocycles. The van der Waals surface area contributed by atoms with E-state index in [0.717, 1.165) is 0 Å². The van der Waals surface area contributed by atoms with E-state index in [1.807, 2.05) is 0 Å². The van der Waals surface area contributed by atoms with Gasteiger partial charge in [-0.3, -0.25) is 4.79 Å². The third kappa shape index (κ3) is 5.36. The molecule has 4 nitrogen and oxygen atoms in total. The first kappa shape index (κ1) is 16.2. The average molecular weight is 282 g/mol. The highest BCUT2D eigenvalue weighted by atomic mass is 19.4. The van der Waals surface area contributed by atoms with Crippen LogP contribution in [-0.4, -0.2) is 38.4 Å². The summed E-state index contributed by atoms with van der Waals surface area (Å²) in [6, 6.07) is 0. The van der Waals surface area contributed by atoms with E-state index in [1.54, 1.807) is 0 Å². The molecule has 0 radical (unpaired) electrons. The van der Waals surface area contributed by atoms with Gasteiger partial charge in [0.15, 0.2) is 0 Å². The van der Waals surface area contributed by atoms with Crippen LogP contribution >= 0.6 is 0 Å². The number of hydrogen-bond donors (Lipinski definition) is 2. The second-order valence-electron chi connectivity index (χ2n) is 4.73. The van der Waals surface area contributed by atoms with Gasteiger partial charge in [-0.15, -0.1) is 0 Å². The van der Waals surface area contributed by atoms with Gasteiger partial charge in [0.05, 0.1) is 19.1 Å². The number of nitrogens with one attached hydrogen (secondary N) is 1. The van der Waals surface area contributed by atoms with Gasteiger partial charge in [-0.05, 0) is 12.8 Å². The summed E-state index contributed by atoms with van der Waals surface area (Å²) in [5, 5.41) is 2.51. The molecule has 112 valence electrons. The third-order valence-electron chi connectivity index (χ3n) is 3.33. The molecule has 2 unspecified atom stereocenters. The predicted octanol–water partition coefficient (Wildman–Crippen LogP) is 1.45. The molecule has 0 saturated heterocycles. The Balaban J connectivity index is 2.40. The van der Waals surface area contributed by atoms with E-state index in [0.29, 0.717) is 32.4 Å². The maximum atomic E-state index is 12.8. The highest BCUT2D eigenvalue weighted by molar-refractivity contribution is 5.79. The number of nitrogens with two attached hydrogens (primary N) is 1. The van der Waals surface area contributed by atoms with Crippen LogP contribution in [0.1, 0.15) is 25.7 Å². The van der Waals surface area contributed by atoms with E-state index in [1.165, 1.54) is 0 Å². The molecule has 0 spiro atoms. The van der Waals surface area contributed by atoms with E-state index in [4.69, 9.17) is 10.5 Å². The molecule has 1 saturated carbocycles. The summed E-state index contributed by atoms with van der Waals surface area (Å²) >= 11 is 0. The van der Waals surface area contributed by atoms with Gasteiger partial charge in [0.2, 0.25) is 5.91 Å². The molecule has 1 rings (SSSR count). The van der Waals surface area contributed by atoms with Crippen molar-refractivity contribution < 1.29 is 22.7 Å². The number of halogens is 3. The minimum atomic E-state index is -4.29. The summed E-state index contributed by atoms with van der Waals surface area (Å²) < 4.78 is 43.5. The van der Waals surface area contributed by atoms with Crippen LogP contribution in [0.2, 0.25) is 0 Å². The molecule has 3 N–H and O–H groups in total. The molecular weight excluding hydrogens is 261 g/mol. The Morgan fingerprint density at radius 1 is 1.26 bits per heavy atom. The van der Waals surface area contributed by atoms with Crippen LogP contribution in [0.5, 0.6) is 0 Å². The van der Waals surface area contributed by atoms with Crippen molar-refractivity contribution in [2.45, 2.75) is 31.9 Å².